The highest BCUT2D eigenvalue weighted by Gasteiger charge is 2.29. The first-order valence-corrected chi connectivity index (χ1v) is 7.59. The van der Waals surface area contributed by atoms with Crippen LogP contribution < -0.4 is 0 Å². The van der Waals surface area contributed by atoms with Crippen LogP contribution in [0.4, 0.5) is 0 Å². The molecule has 3 rings (SSSR count). The number of ether oxygens (including phenoxy) is 1. The number of thiazole rings is 1. The van der Waals surface area contributed by atoms with E-state index in [0.29, 0.717) is 18.4 Å². The molecule has 2 atom stereocenters. The Morgan fingerprint density at radius 2 is 2.25 bits per heavy atom. The second-order valence-corrected chi connectivity index (χ2v) is 5.91. The molecule has 1 saturated heterocycles. The van der Waals surface area contributed by atoms with E-state index >= 15 is 0 Å². The fourth-order valence-electron chi connectivity index (χ4n) is 2.33. The van der Waals surface area contributed by atoms with Crippen LogP contribution >= 0.6 is 11.3 Å². The zero-order chi connectivity index (χ0) is 14.1. The maximum Gasteiger partial charge on any atom is 0.233 e. The van der Waals surface area contributed by atoms with Crippen molar-refractivity contribution in [2.45, 2.75) is 32.9 Å². The molecule has 6 nitrogen and oxygen atoms in total. The quantitative estimate of drug-likeness (QED) is 0.865. The fraction of sp³-hybridized carbons (Fsp3) is 0.615. The third-order valence-electron chi connectivity index (χ3n) is 3.46. The second-order valence-electron chi connectivity index (χ2n) is 5.02. The fourth-order valence-corrected chi connectivity index (χ4v) is 3.16. The van der Waals surface area contributed by atoms with Gasteiger partial charge in [0, 0.05) is 31.1 Å². The lowest BCUT2D eigenvalue weighted by molar-refractivity contribution is -0.0465. The van der Waals surface area contributed by atoms with Crippen molar-refractivity contribution in [3.63, 3.8) is 0 Å². The van der Waals surface area contributed by atoms with Crippen molar-refractivity contribution in [1.29, 1.82) is 0 Å². The number of rotatable bonds is 3. The molecule has 3 heterocycles. The first-order chi connectivity index (χ1) is 9.63. The molecule has 0 aromatic carbocycles. The number of hydrogen-bond donors (Lipinski definition) is 0. The number of aryl methyl sites for hydroxylation is 2. The van der Waals surface area contributed by atoms with E-state index in [9.17, 15) is 0 Å². The first kappa shape index (κ1) is 13.7. The molecule has 2 aromatic rings. The van der Waals surface area contributed by atoms with Crippen molar-refractivity contribution < 1.29 is 9.15 Å². The van der Waals surface area contributed by atoms with Gasteiger partial charge in [-0.1, -0.05) is 0 Å². The highest BCUT2D eigenvalue weighted by atomic mass is 32.1. The molecular weight excluding hydrogens is 276 g/mol. The van der Waals surface area contributed by atoms with Crippen LogP contribution in [0.5, 0.6) is 0 Å². The molecule has 0 saturated carbocycles. The van der Waals surface area contributed by atoms with Crippen molar-refractivity contribution in [2.24, 2.45) is 0 Å². The van der Waals surface area contributed by atoms with Crippen LogP contribution in [0.1, 0.15) is 41.6 Å². The molecule has 2 aromatic heterocycles. The number of morpholine rings is 1. The SMILES string of the molecule is Cc1csc([C@@H]2CN([C@H](C)c3nnc(C)o3)CCO2)n1. The first-order valence-electron chi connectivity index (χ1n) is 6.71. The van der Waals surface area contributed by atoms with E-state index in [1.165, 1.54) is 0 Å². The molecule has 1 aliphatic heterocycles. The van der Waals surface area contributed by atoms with Crippen molar-refractivity contribution in [1.82, 2.24) is 20.1 Å². The normalized spacial score (nSPS) is 22.1. The summed E-state index contributed by atoms with van der Waals surface area (Å²) in [6, 6.07) is 0.101. The summed E-state index contributed by atoms with van der Waals surface area (Å²) in [4.78, 5) is 6.82. The Morgan fingerprint density at radius 3 is 2.90 bits per heavy atom. The number of aromatic nitrogens is 3. The molecule has 1 aliphatic rings. The van der Waals surface area contributed by atoms with Crippen LogP contribution in [-0.4, -0.2) is 39.8 Å². The third-order valence-corrected chi connectivity index (χ3v) is 4.51. The lowest BCUT2D eigenvalue weighted by Crippen LogP contribution is -2.40. The van der Waals surface area contributed by atoms with Crippen LogP contribution in [0, 0.1) is 13.8 Å². The average molecular weight is 294 g/mol. The maximum absolute atomic E-state index is 5.84. The summed E-state index contributed by atoms with van der Waals surface area (Å²) in [5.41, 5.74) is 1.05. The van der Waals surface area contributed by atoms with Gasteiger partial charge < -0.3 is 9.15 Å². The zero-order valence-corrected chi connectivity index (χ0v) is 12.7. The molecule has 0 radical (unpaired) electrons. The Hall–Kier alpha value is -1.31. The minimum absolute atomic E-state index is 0.0360. The molecule has 0 aliphatic carbocycles. The van der Waals surface area contributed by atoms with Gasteiger partial charge in [0.25, 0.3) is 0 Å². The molecule has 0 bridgehead atoms. The van der Waals surface area contributed by atoms with Gasteiger partial charge in [0.05, 0.1) is 12.6 Å². The Morgan fingerprint density at radius 1 is 1.40 bits per heavy atom. The molecule has 0 unspecified atom stereocenters. The van der Waals surface area contributed by atoms with E-state index in [-0.39, 0.29) is 12.1 Å². The monoisotopic (exact) mass is 294 g/mol. The summed E-state index contributed by atoms with van der Waals surface area (Å²) in [6.07, 6.45) is 0.0360. The average Bonchev–Trinajstić information content (AvgIpc) is 3.07. The van der Waals surface area contributed by atoms with Gasteiger partial charge in [-0.25, -0.2) is 4.98 Å². The Labute approximate surface area is 121 Å². The van der Waals surface area contributed by atoms with Gasteiger partial charge in [-0.2, -0.15) is 0 Å². The Balaban J connectivity index is 1.71. The summed E-state index contributed by atoms with van der Waals surface area (Å²) in [7, 11) is 0. The van der Waals surface area contributed by atoms with E-state index in [1.54, 1.807) is 11.3 Å². The zero-order valence-electron chi connectivity index (χ0n) is 11.9. The van der Waals surface area contributed by atoms with E-state index in [0.717, 1.165) is 23.8 Å². The molecule has 7 heteroatoms. The molecule has 1 fully saturated rings. The van der Waals surface area contributed by atoms with Gasteiger partial charge in [0.2, 0.25) is 11.8 Å². The molecule has 108 valence electrons. The Bertz CT molecular complexity index is 544. The summed E-state index contributed by atoms with van der Waals surface area (Å²) < 4.78 is 11.4. The standard InChI is InChI=1S/C13H18N4O2S/c1-8-7-20-13(14-8)11-6-17(4-5-18-11)9(2)12-16-15-10(3)19-12/h7,9,11H,4-6H2,1-3H3/t9-,11+/m1/s1. The minimum atomic E-state index is 0.0360. The lowest BCUT2D eigenvalue weighted by atomic mass is 10.2. The van der Waals surface area contributed by atoms with Gasteiger partial charge in [-0.3, -0.25) is 4.90 Å². The van der Waals surface area contributed by atoms with E-state index in [4.69, 9.17) is 9.15 Å². The van der Waals surface area contributed by atoms with Gasteiger partial charge >= 0.3 is 0 Å². The van der Waals surface area contributed by atoms with Crippen LogP contribution in [0.15, 0.2) is 9.80 Å². The smallest absolute Gasteiger partial charge is 0.233 e. The van der Waals surface area contributed by atoms with Crippen LogP contribution in [0.25, 0.3) is 0 Å². The molecular formula is C13H18N4O2S. The van der Waals surface area contributed by atoms with Crippen molar-refractivity contribution in [3.05, 3.63) is 27.9 Å². The van der Waals surface area contributed by atoms with Gasteiger partial charge in [-0.15, -0.1) is 21.5 Å². The van der Waals surface area contributed by atoms with Crippen LogP contribution in [0.3, 0.4) is 0 Å². The Kier molecular flexibility index (Phi) is 3.82. The topological polar surface area (TPSA) is 64.3 Å². The van der Waals surface area contributed by atoms with Crippen LogP contribution in [-0.2, 0) is 4.74 Å². The minimum Gasteiger partial charge on any atom is -0.424 e. The van der Waals surface area contributed by atoms with Crippen LogP contribution in [0.2, 0.25) is 0 Å². The predicted octanol–water partition coefficient (Wildman–Crippen LogP) is 2.28. The summed E-state index contributed by atoms with van der Waals surface area (Å²) >= 11 is 1.66. The van der Waals surface area contributed by atoms with E-state index in [1.807, 2.05) is 13.8 Å². The van der Waals surface area contributed by atoms with E-state index < -0.39 is 0 Å². The molecule has 0 spiro atoms. The number of nitrogens with zero attached hydrogens (tertiary/aromatic N) is 4. The highest BCUT2D eigenvalue weighted by molar-refractivity contribution is 7.09. The van der Waals surface area contributed by atoms with Crippen molar-refractivity contribution in [2.75, 3.05) is 19.7 Å². The second kappa shape index (κ2) is 5.59. The summed E-state index contributed by atoms with van der Waals surface area (Å²) in [6.45, 7) is 8.26. The molecule has 20 heavy (non-hydrogen) atoms. The molecule has 0 amide bonds. The maximum atomic E-state index is 5.84. The van der Waals surface area contributed by atoms with E-state index in [2.05, 4.69) is 32.4 Å². The molecule has 0 N–H and O–H groups in total. The van der Waals surface area contributed by atoms with Gasteiger partial charge in [0.15, 0.2) is 0 Å². The predicted molar refractivity (Wildman–Crippen MR) is 74.6 cm³/mol. The largest absolute Gasteiger partial charge is 0.424 e. The van der Waals surface area contributed by atoms with Crippen molar-refractivity contribution >= 4 is 11.3 Å². The third kappa shape index (κ3) is 2.74. The number of hydrogen-bond acceptors (Lipinski definition) is 7. The summed E-state index contributed by atoms with van der Waals surface area (Å²) in [5.74, 6) is 1.27. The van der Waals surface area contributed by atoms with Gasteiger partial charge in [0.1, 0.15) is 11.1 Å². The van der Waals surface area contributed by atoms with Crippen molar-refractivity contribution in [3.8, 4) is 0 Å². The highest BCUT2D eigenvalue weighted by Crippen LogP contribution is 2.29. The lowest BCUT2D eigenvalue weighted by Gasteiger charge is -2.34. The van der Waals surface area contributed by atoms with Gasteiger partial charge in [-0.05, 0) is 13.8 Å². The summed E-state index contributed by atoms with van der Waals surface area (Å²) in [5, 5.41) is 11.1.